The minimum absolute atomic E-state index is 0.0240. The topological polar surface area (TPSA) is 110 Å². The van der Waals surface area contributed by atoms with Crippen molar-refractivity contribution >= 4 is 18.3 Å². The summed E-state index contributed by atoms with van der Waals surface area (Å²) in [4.78, 5) is 26.5. The number of hydrazone groups is 1. The zero-order valence-electron chi connectivity index (χ0n) is 12.0. The average Bonchev–Trinajstić information content (AvgIpc) is 2.50. The van der Waals surface area contributed by atoms with Crippen molar-refractivity contribution in [2.75, 3.05) is 40.3 Å². The molecule has 1 saturated heterocycles. The van der Waals surface area contributed by atoms with E-state index in [-0.39, 0.29) is 5.57 Å². The van der Waals surface area contributed by atoms with Crippen molar-refractivity contribution < 1.29 is 14.3 Å². The minimum atomic E-state index is -0.756. The highest BCUT2D eigenvalue weighted by Gasteiger charge is 2.14. The molecule has 0 aromatic heterocycles. The van der Waals surface area contributed by atoms with Crippen molar-refractivity contribution in [3.8, 4) is 6.07 Å². The number of methoxy groups -OCH3 is 1. The molecule has 0 atom stereocenters. The Morgan fingerprint density at radius 2 is 2.00 bits per heavy atom. The highest BCUT2D eigenvalue weighted by atomic mass is 16.5. The quantitative estimate of drug-likeness (QED) is 0.228. The highest BCUT2D eigenvalue weighted by Crippen LogP contribution is 2.03. The van der Waals surface area contributed by atoms with E-state index in [9.17, 15) is 9.59 Å². The number of nitrogens with one attached hydrogen (secondary N) is 2. The fraction of sp³-hybridized carbons (Fsp3) is 0.500. The van der Waals surface area contributed by atoms with E-state index in [4.69, 9.17) is 5.26 Å². The molecule has 1 aliphatic heterocycles. The van der Waals surface area contributed by atoms with Crippen molar-refractivity contribution in [2.24, 2.45) is 5.10 Å². The van der Waals surface area contributed by atoms with Crippen LogP contribution in [0.25, 0.3) is 0 Å². The molecule has 0 radical (unpaired) electrons. The lowest BCUT2D eigenvalue weighted by atomic mass is 10.2. The third-order valence-electron chi connectivity index (χ3n) is 2.82. The molecule has 2 amide bonds. The molecular weight excluding hydrogens is 276 g/mol. The standard InChI is InChI=1S/C12H18N6O3/c1-17-3-5-18(6-4-17)8-10(7-13)11(19)14-9-15-16-12(20)21-2/h8-9H,3-6H2,1-2H3,(H,16,20)(H,14,15,19). The Morgan fingerprint density at radius 1 is 1.33 bits per heavy atom. The van der Waals surface area contributed by atoms with Crippen LogP contribution in [0.2, 0.25) is 0 Å². The van der Waals surface area contributed by atoms with Crippen LogP contribution in [0.5, 0.6) is 0 Å². The Bertz CT molecular complexity index is 474. The average molecular weight is 294 g/mol. The van der Waals surface area contributed by atoms with Gasteiger partial charge in [0.25, 0.3) is 5.91 Å². The Balaban J connectivity index is 2.49. The van der Waals surface area contributed by atoms with Crippen LogP contribution in [0.3, 0.4) is 0 Å². The summed E-state index contributed by atoms with van der Waals surface area (Å²) in [7, 11) is 3.21. The van der Waals surface area contributed by atoms with Gasteiger partial charge >= 0.3 is 6.09 Å². The zero-order valence-corrected chi connectivity index (χ0v) is 12.0. The monoisotopic (exact) mass is 294 g/mol. The SMILES string of the molecule is COC(=O)NN=CNC(=O)C(C#N)=CN1CCN(C)CC1. The van der Waals surface area contributed by atoms with Crippen LogP contribution >= 0.6 is 0 Å². The zero-order chi connectivity index (χ0) is 15.7. The van der Waals surface area contributed by atoms with Crippen molar-refractivity contribution in [2.45, 2.75) is 0 Å². The van der Waals surface area contributed by atoms with Gasteiger partial charge in [0.2, 0.25) is 0 Å². The van der Waals surface area contributed by atoms with E-state index in [0.717, 1.165) is 32.5 Å². The largest absolute Gasteiger partial charge is 0.452 e. The number of likely N-dealkylation sites (N-methyl/N-ethyl adjacent to an activating group) is 1. The maximum Gasteiger partial charge on any atom is 0.427 e. The lowest BCUT2D eigenvalue weighted by molar-refractivity contribution is -0.115. The van der Waals surface area contributed by atoms with Crippen LogP contribution in [0.4, 0.5) is 4.79 Å². The van der Waals surface area contributed by atoms with Crippen LogP contribution in [0, 0.1) is 11.3 Å². The molecule has 114 valence electrons. The van der Waals surface area contributed by atoms with E-state index < -0.39 is 12.0 Å². The molecule has 1 heterocycles. The molecule has 0 saturated carbocycles. The van der Waals surface area contributed by atoms with Gasteiger partial charge in [-0.1, -0.05) is 0 Å². The smallest absolute Gasteiger partial charge is 0.427 e. The highest BCUT2D eigenvalue weighted by molar-refractivity contribution is 6.02. The van der Waals surface area contributed by atoms with Gasteiger partial charge in [-0.05, 0) is 7.05 Å². The van der Waals surface area contributed by atoms with Gasteiger partial charge in [-0.25, -0.2) is 10.2 Å². The molecule has 1 aliphatic rings. The predicted molar refractivity (Wildman–Crippen MR) is 74.9 cm³/mol. The van der Waals surface area contributed by atoms with Gasteiger partial charge in [-0.3, -0.25) is 4.79 Å². The molecule has 0 aliphatic carbocycles. The normalized spacial score (nSPS) is 16.4. The van der Waals surface area contributed by atoms with Crippen molar-refractivity contribution in [1.82, 2.24) is 20.5 Å². The number of nitrogens with zero attached hydrogens (tertiary/aromatic N) is 4. The number of piperazine rings is 1. The van der Waals surface area contributed by atoms with Crippen LogP contribution in [0.15, 0.2) is 16.9 Å². The lowest BCUT2D eigenvalue weighted by Gasteiger charge is -2.31. The van der Waals surface area contributed by atoms with Crippen LogP contribution in [-0.4, -0.2) is 68.5 Å². The lowest BCUT2D eigenvalue weighted by Crippen LogP contribution is -2.42. The molecule has 9 nitrogen and oxygen atoms in total. The number of amides is 2. The van der Waals surface area contributed by atoms with E-state index in [1.54, 1.807) is 0 Å². The van der Waals surface area contributed by atoms with Crippen LogP contribution in [-0.2, 0) is 9.53 Å². The molecule has 0 spiro atoms. The molecule has 1 rings (SSSR count). The van der Waals surface area contributed by atoms with Crippen LogP contribution < -0.4 is 10.7 Å². The van der Waals surface area contributed by atoms with Gasteiger partial charge in [-0.15, -0.1) is 0 Å². The number of hydrogen-bond donors (Lipinski definition) is 2. The Morgan fingerprint density at radius 3 is 2.57 bits per heavy atom. The van der Waals surface area contributed by atoms with Crippen molar-refractivity contribution in [3.63, 3.8) is 0 Å². The summed E-state index contributed by atoms with van der Waals surface area (Å²) in [5.74, 6) is -0.591. The Kier molecular flexibility index (Phi) is 6.70. The van der Waals surface area contributed by atoms with Crippen molar-refractivity contribution in [1.29, 1.82) is 5.26 Å². The molecule has 0 unspecified atom stereocenters. The number of carbonyl (C=O) groups is 2. The molecule has 0 aromatic carbocycles. The van der Waals surface area contributed by atoms with Gasteiger partial charge in [0, 0.05) is 32.4 Å². The number of carbonyl (C=O) groups excluding carboxylic acids is 2. The summed E-state index contributed by atoms with van der Waals surface area (Å²) in [5.41, 5.74) is 1.98. The fourth-order valence-corrected chi connectivity index (χ4v) is 1.57. The summed E-state index contributed by atoms with van der Waals surface area (Å²) in [6, 6.07) is 1.84. The predicted octanol–water partition coefficient (Wildman–Crippen LogP) is -0.943. The first-order chi connectivity index (χ1) is 10.1. The summed E-state index contributed by atoms with van der Waals surface area (Å²) < 4.78 is 4.28. The molecule has 21 heavy (non-hydrogen) atoms. The van der Waals surface area contributed by atoms with Crippen LogP contribution in [0.1, 0.15) is 0 Å². The van der Waals surface area contributed by atoms with Gasteiger partial charge < -0.3 is 19.9 Å². The van der Waals surface area contributed by atoms with Gasteiger partial charge in [0.15, 0.2) is 0 Å². The summed E-state index contributed by atoms with van der Waals surface area (Å²) in [6.45, 7) is 3.27. The fourth-order valence-electron chi connectivity index (χ4n) is 1.57. The van der Waals surface area contributed by atoms with E-state index in [1.807, 2.05) is 23.4 Å². The van der Waals surface area contributed by atoms with Gasteiger partial charge in [-0.2, -0.15) is 10.4 Å². The number of rotatable bonds is 4. The third kappa shape index (κ3) is 5.92. The first kappa shape index (κ1) is 16.5. The molecule has 0 bridgehead atoms. The first-order valence-electron chi connectivity index (χ1n) is 6.27. The summed E-state index contributed by atoms with van der Waals surface area (Å²) in [6.07, 6.45) is 1.76. The van der Waals surface area contributed by atoms with E-state index in [2.05, 4.69) is 20.1 Å². The number of hydrogen-bond acceptors (Lipinski definition) is 7. The number of ether oxygens (including phenoxy) is 1. The number of nitriles is 1. The molecular formula is C12H18N6O3. The molecule has 1 fully saturated rings. The summed E-state index contributed by atoms with van der Waals surface area (Å²) >= 11 is 0. The van der Waals surface area contributed by atoms with E-state index in [0.29, 0.717) is 0 Å². The van der Waals surface area contributed by atoms with E-state index >= 15 is 0 Å². The maximum absolute atomic E-state index is 11.8. The molecule has 2 N–H and O–H groups in total. The van der Waals surface area contributed by atoms with Gasteiger partial charge in [0.1, 0.15) is 18.0 Å². The van der Waals surface area contributed by atoms with Gasteiger partial charge in [0.05, 0.1) is 7.11 Å². The Hall–Kier alpha value is -2.60. The second-order valence-electron chi connectivity index (χ2n) is 4.33. The minimum Gasteiger partial charge on any atom is -0.452 e. The second-order valence-corrected chi connectivity index (χ2v) is 4.33. The summed E-state index contributed by atoms with van der Waals surface area (Å²) in [5, 5.41) is 14.7. The molecule has 0 aromatic rings. The van der Waals surface area contributed by atoms with E-state index in [1.165, 1.54) is 13.3 Å². The second kappa shape index (κ2) is 8.55. The Labute approximate surface area is 122 Å². The van der Waals surface area contributed by atoms with Crippen molar-refractivity contribution in [3.05, 3.63) is 11.8 Å². The molecule has 9 heteroatoms. The third-order valence-corrected chi connectivity index (χ3v) is 2.82. The maximum atomic E-state index is 11.8. The first-order valence-corrected chi connectivity index (χ1v) is 6.27.